The smallest absolute Gasteiger partial charge is 0.182 e. The third-order valence-corrected chi connectivity index (χ3v) is 4.08. The van der Waals surface area contributed by atoms with Gasteiger partial charge in [0.05, 0.1) is 18.3 Å². The van der Waals surface area contributed by atoms with Crippen molar-refractivity contribution in [2.75, 3.05) is 12.8 Å². The molecule has 1 aliphatic carbocycles. The van der Waals surface area contributed by atoms with Crippen molar-refractivity contribution in [3.63, 3.8) is 0 Å². The first-order chi connectivity index (χ1) is 9.54. The molecule has 1 aliphatic rings. The zero-order valence-corrected chi connectivity index (χ0v) is 12.0. The molecule has 3 rings (SSSR count). The van der Waals surface area contributed by atoms with Gasteiger partial charge in [0.15, 0.2) is 5.82 Å². The van der Waals surface area contributed by atoms with E-state index in [-0.39, 0.29) is 5.54 Å². The van der Waals surface area contributed by atoms with Crippen LogP contribution in [-0.2, 0) is 5.54 Å². The number of aromatic nitrogens is 4. The van der Waals surface area contributed by atoms with Gasteiger partial charge in [-0.3, -0.25) is 0 Å². The van der Waals surface area contributed by atoms with E-state index in [9.17, 15) is 0 Å². The number of rotatable bonds is 4. The van der Waals surface area contributed by atoms with Crippen LogP contribution in [0.25, 0.3) is 11.4 Å². The van der Waals surface area contributed by atoms with Crippen LogP contribution in [0.5, 0.6) is 5.75 Å². The Morgan fingerprint density at radius 1 is 1.35 bits per heavy atom. The van der Waals surface area contributed by atoms with Crippen molar-refractivity contribution in [3.8, 4) is 17.1 Å². The molecule has 0 spiro atoms. The van der Waals surface area contributed by atoms with Crippen LogP contribution in [0.3, 0.4) is 0 Å². The van der Waals surface area contributed by atoms with Crippen molar-refractivity contribution in [1.29, 1.82) is 0 Å². The number of ether oxygens (including phenoxy) is 1. The molecule has 6 nitrogen and oxygen atoms in total. The third kappa shape index (κ3) is 2.01. The molecule has 0 amide bonds. The predicted molar refractivity (Wildman–Crippen MR) is 76.3 cm³/mol. The molecule has 0 atom stereocenters. The lowest BCUT2D eigenvalue weighted by Crippen LogP contribution is -2.30. The standard InChI is InChI=1S/C14H19N5O/c1-14(2,10-5-6-10)19-13(16-17-18-19)9-4-7-11(15)12(8-9)20-3/h4,7-8,10H,5-6,15H2,1-3H3. The van der Waals surface area contributed by atoms with Crippen molar-refractivity contribution >= 4 is 5.69 Å². The predicted octanol–water partition coefficient (Wildman–Crippen LogP) is 2.08. The summed E-state index contributed by atoms with van der Waals surface area (Å²) in [5.74, 6) is 2.03. The first kappa shape index (κ1) is 12.9. The summed E-state index contributed by atoms with van der Waals surface area (Å²) in [5, 5.41) is 12.2. The fraction of sp³-hybridized carbons (Fsp3) is 0.500. The summed E-state index contributed by atoms with van der Waals surface area (Å²) in [6, 6.07) is 5.61. The number of anilines is 1. The van der Waals surface area contributed by atoms with Crippen LogP contribution < -0.4 is 10.5 Å². The molecule has 1 saturated carbocycles. The quantitative estimate of drug-likeness (QED) is 0.863. The molecule has 20 heavy (non-hydrogen) atoms. The van der Waals surface area contributed by atoms with E-state index in [4.69, 9.17) is 10.5 Å². The number of methoxy groups -OCH3 is 1. The maximum Gasteiger partial charge on any atom is 0.182 e. The summed E-state index contributed by atoms with van der Waals surface area (Å²) in [7, 11) is 1.60. The molecule has 2 N–H and O–H groups in total. The van der Waals surface area contributed by atoms with E-state index in [1.165, 1.54) is 12.8 Å². The molecular weight excluding hydrogens is 254 g/mol. The van der Waals surface area contributed by atoms with Gasteiger partial charge in [-0.25, -0.2) is 4.68 Å². The Bertz CT molecular complexity index is 630. The SMILES string of the molecule is COc1cc(-c2nnnn2C(C)(C)C2CC2)ccc1N. The minimum atomic E-state index is -0.0759. The zero-order chi connectivity index (χ0) is 14.3. The molecule has 1 aromatic carbocycles. The average molecular weight is 273 g/mol. The highest BCUT2D eigenvalue weighted by Gasteiger charge is 2.41. The summed E-state index contributed by atoms with van der Waals surface area (Å²) in [6.07, 6.45) is 2.47. The van der Waals surface area contributed by atoms with Crippen LogP contribution in [0.1, 0.15) is 26.7 Å². The van der Waals surface area contributed by atoms with E-state index >= 15 is 0 Å². The minimum absolute atomic E-state index is 0.0759. The van der Waals surface area contributed by atoms with Gasteiger partial charge in [0.2, 0.25) is 0 Å². The molecule has 0 saturated heterocycles. The fourth-order valence-corrected chi connectivity index (χ4v) is 2.57. The van der Waals surface area contributed by atoms with E-state index in [1.807, 2.05) is 22.9 Å². The van der Waals surface area contributed by atoms with Gasteiger partial charge < -0.3 is 10.5 Å². The Morgan fingerprint density at radius 2 is 2.10 bits per heavy atom. The van der Waals surface area contributed by atoms with Gasteiger partial charge in [0.1, 0.15) is 5.75 Å². The number of nitrogens with zero attached hydrogens (tertiary/aromatic N) is 4. The molecule has 106 valence electrons. The second-order valence-corrected chi connectivity index (χ2v) is 5.80. The molecule has 0 radical (unpaired) electrons. The molecule has 0 unspecified atom stereocenters. The normalized spacial score (nSPS) is 15.3. The van der Waals surface area contributed by atoms with Gasteiger partial charge in [-0.05, 0) is 61.2 Å². The van der Waals surface area contributed by atoms with Crippen molar-refractivity contribution in [1.82, 2.24) is 20.2 Å². The van der Waals surface area contributed by atoms with Gasteiger partial charge in [-0.15, -0.1) is 5.10 Å². The van der Waals surface area contributed by atoms with Crippen LogP contribution in [0.4, 0.5) is 5.69 Å². The van der Waals surface area contributed by atoms with Gasteiger partial charge in [0.25, 0.3) is 0 Å². The molecular formula is C14H19N5O. The summed E-state index contributed by atoms with van der Waals surface area (Å²) in [5.41, 5.74) is 7.30. The largest absolute Gasteiger partial charge is 0.495 e. The molecule has 2 aromatic rings. The van der Waals surface area contributed by atoms with Crippen molar-refractivity contribution in [2.24, 2.45) is 5.92 Å². The maximum atomic E-state index is 5.85. The Labute approximate surface area is 117 Å². The van der Waals surface area contributed by atoms with Gasteiger partial charge in [-0.1, -0.05) is 0 Å². The highest BCUT2D eigenvalue weighted by atomic mass is 16.5. The van der Waals surface area contributed by atoms with Gasteiger partial charge in [0, 0.05) is 5.56 Å². The van der Waals surface area contributed by atoms with Crippen molar-refractivity contribution < 1.29 is 4.74 Å². The lowest BCUT2D eigenvalue weighted by Gasteiger charge is -2.25. The number of nitrogens with two attached hydrogens (primary N) is 1. The van der Waals surface area contributed by atoms with Crippen LogP contribution in [0.15, 0.2) is 18.2 Å². The molecule has 0 aliphatic heterocycles. The Balaban J connectivity index is 2.05. The second-order valence-electron chi connectivity index (χ2n) is 5.80. The third-order valence-electron chi connectivity index (χ3n) is 4.08. The highest BCUT2D eigenvalue weighted by Crippen LogP contribution is 2.44. The van der Waals surface area contributed by atoms with Crippen molar-refractivity contribution in [3.05, 3.63) is 18.2 Å². The van der Waals surface area contributed by atoms with E-state index in [1.54, 1.807) is 7.11 Å². The number of hydrogen-bond acceptors (Lipinski definition) is 5. The fourth-order valence-electron chi connectivity index (χ4n) is 2.57. The van der Waals surface area contributed by atoms with Gasteiger partial charge >= 0.3 is 0 Å². The summed E-state index contributed by atoms with van der Waals surface area (Å²) in [4.78, 5) is 0. The van der Waals surface area contributed by atoms with Crippen molar-refractivity contribution in [2.45, 2.75) is 32.2 Å². The van der Waals surface area contributed by atoms with E-state index in [0.29, 0.717) is 17.4 Å². The second kappa shape index (κ2) is 4.47. The Kier molecular flexibility index (Phi) is 2.88. The summed E-state index contributed by atoms with van der Waals surface area (Å²) in [6.45, 7) is 4.36. The summed E-state index contributed by atoms with van der Waals surface area (Å²) < 4.78 is 7.18. The number of tetrazole rings is 1. The molecule has 1 heterocycles. The van der Waals surface area contributed by atoms with Crippen LogP contribution >= 0.6 is 0 Å². The topological polar surface area (TPSA) is 78.9 Å². The number of hydrogen-bond donors (Lipinski definition) is 1. The van der Waals surface area contributed by atoms with Crippen LogP contribution in [0.2, 0.25) is 0 Å². The number of nitrogen functional groups attached to an aromatic ring is 1. The first-order valence-corrected chi connectivity index (χ1v) is 6.77. The summed E-state index contributed by atoms with van der Waals surface area (Å²) >= 11 is 0. The Morgan fingerprint density at radius 3 is 2.75 bits per heavy atom. The Hall–Kier alpha value is -2.11. The van der Waals surface area contributed by atoms with Crippen LogP contribution in [-0.4, -0.2) is 27.3 Å². The van der Waals surface area contributed by atoms with Gasteiger partial charge in [-0.2, -0.15) is 0 Å². The number of benzene rings is 1. The minimum Gasteiger partial charge on any atom is -0.495 e. The first-order valence-electron chi connectivity index (χ1n) is 6.77. The van der Waals surface area contributed by atoms with E-state index in [0.717, 1.165) is 11.4 Å². The average Bonchev–Trinajstić information content (AvgIpc) is 3.18. The molecule has 1 fully saturated rings. The monoisotopic (exact) mass is 273 g/mol. The van der Waals surface area contributed by atoms with E-state index < -0.39 is 0 Å². The lowest BCUT2D eigenvalue weighted by molar-refractivity contribution is 0.271. The van der Waals surface area contributed by atoms with Crippen LogP contribution in [0, 0.1) is 5.92 Å². The lowest BCUT2D eigenvalue weighted by atomic mass is 9.98. The van der Waals surface area contributed by atoms with E-state index in [2.05, 4.69) is 29.4 Å². The highest BCUT2D eigenvalue weighted by molar-refractivity contribution is 5.65. The maximum absolute atomic E-state index is 5.85. The molecule has 6 heteroatoms. The molecule has 0 bridgehead atoms. The molecule has 1 aromatic heterocycles. The zero-order valence-electron chi connectivity index (χ0n) is 12.0.